The third-order valence-corrected chi connectivity index (χ3v) is 3.76. The number of carbonyl (C=O) groups excluding carboxylic acids is 2. The molecule has 0 aromatic heterocycles. The van der Waals surface area contributed by atoms with Gasteiger partial charge in [0.05, 0.1) is 12.5 Å². The van der Waals surface area contributed by atoms with Crippen LogP contribution in [0.2, 0.25) is 0 Å². The van der Waals surface area contributed by atoms with Gasteiger partial charge in [-0.3, -0.25) is 9.59 Å². The molecule has 1 aliphatic heterocycles. The average molecular weight is 290 g/mol. The molecule has 1 fully saturated rings. The molecule has 1 saturated heterocycles. The monoisotopic (exact) mass is 290 g/mol. The molecule has 1 aromatic carbocycles. The van der Waals surface area contributed by atoms with E-state index in [1.54, 1.807) is 12.0 Å². The van der Waals surface area contributed by atoms with Crippen LogP contribution in [0.5, 0.6) is 0 Å². The number of hydrogen-bond donors (Lipinski definition) is 1. The van der Waals surface area contributed by atoms with Gasteiger partial charge in [0.2, 0.25) is 11.8 Å². The van der Waals surface area contributed by atoms with Crippen molar-refractivity contribution < 1.29 is 14.3 Å². The molecule has 2 rings (SSSR count). The minimum absolute atomic E-state index is 0.00569. The van der Waals surface area contributed by atoms with Crippen LogP contribution in [0.3, 0.4) is 0 Å². The van der Waals surface area contributed by atoms with Crippen molar-refractivity contribution in [3.63, 3.8) is 0 Å². The Balaban J connectivity index is 1.96. The summed E-state index contributed by atoms with van der Waals surface area (Å²) in [5.74, 6) is -0.348. The van der Waals surface area contributed by atoms with Crippen molar-refractivity contribution >= 4 is 17.5 Å². The van der Waals surface area contributed by atoms with E-state index in [0.29, 0.717) is 19.7 Å². The van der Waals surface area contributed by atoms with Crippen molar-refractivity contribution in [3.05, 3.63) is 29.8 Å². The summed E-state index contributed by atoms with van der Waals surface area (Å²) in [5.41, 5.74) is 2.10. The molecule has 0 spiro atoms. The smallest absolute Gasteiger partial charge is 0.227 e. The molecule has 2 amide bonds. The summed E-state index contributed by atoms with van der Waals surface area (Å²) in [6.45, 7) is 3.50. The van der Waals surface area contributed by atoms with Gasteiger partial charge in [-0.05, 0) is 24.1 Å². The van der Waals surface area contributed by atoms with Crippen LogP contribution in [0.15, 0.2) is 24.3 Å². The molecular weight excluding hydrogens is 268 g/mol. The van der Waals surface area contributed by atoms with Crippen LogP contribution in [-0.2, 0) is 20.7 Å². The summed E-state index contributed by atoms with van der Waals surface area (Å²) in [6.07, 6.45) is 1.24. The van der Waals surface area contributed by atoms with E-state index >= 15 is 0 Å². The number of rotatable bonds is 6. The Labute approximate surface area is 125 Å². The summed E-state index contributed by atoms with van der Waals surface area (Å²) >= 11 is 0. The van der Waals surface area contributed by atoms with Crippen LogP contribution in [0.1, 0.15) is 18.9 Å². The standard InChI is InChI=1S/C16H22N2O3/c1-3-12-4-6-14(7-5-12)18-11-13(10-15(18)19)16(20)17-8-9-21-2/h4-7,13H,3,8-11H2,1-2H3,(H,17,20). The number of carbonyl (C=O) groups is 2. The molecule has 1 heterocycles. The molecule has 114 valence electrons. The normalized spacial score (nSPS) is 18.1. The van der Waals surface area contributed by atoms with Crippen molar-refractivity contribution in [2.24, 2.45) is 5.92 Å². The van der Waals surface area contributed by atoms with Crippen LogP contribution in [-0.4, -0.2) is 38.6 Å². The van der Waals surface area contributed by atoms with Crippen molar-refractivity contribution in [1.82, 2.24) is 5.32 Å². The maximum Gasteiger partial charge on any atom is 0.227 e. The van der Waals surface area contributed by atoms with Crippen LogP contribution in [0.25, 0.3) is 0 Å². The van der Waals surface area contributed by atoms with Crippen LogP contribution >= 0.6 is 0 Å². The summed E-state index contributed by atoms with van der Waals surface area (Å²) < 4.78 is 4.90. The fraction of sp³-hybridized carbons (Fsp3) is 0.500. The Bertz CT molecular complexity index is 499. The fourth-order valence-electron chi connectivity index (χ4n) is 2.46. The van der Waals surface area contributed by atoms with Gasteiger partial charge in [0, 0.05) is 32.3 Å². The first-order valence-corrected chi connectivity index (χ1v) is 7.31. The molecule has 21 heavy (non-hydrogen) atoms. The lowest BCUT2D eigenvalue weighted by molar-refractivity contribution is -0.126. The van der Waals surface area contributed by atoms with Gasteiger partial charge in [0.1, 0.15) is 0 Å². The Morgan fingerprint density at radius 1 is 1.38 bits per heavy atom. The molecule has 0 bridgehead atoms. The Morgan fingerprint density at radius 3 is 2.71 bits per heavy atom. The zero-order valence-corrected chi connectivity index (χ0v) is 12.6. The number of anilines is 1. The minimum Gasteiger partial charge on any atom is -0.383 e. The van der Waals surface area contributed by atoms with E-state index in [1.807, 2.05) is 24.3 Å². The van der Waals surface area contributed by atoms with Gasteiger partial charge in [-0.1, -0.05) is 19.1 Å². The van der Waals surface area contributed by atoms with Gasteiger partial charge in [-0.2, -0.15) is 0 Å². The number of amides is 2. The first kappa shape index (κ1) is 15.5. The van der Waals surface area contributed by atoms with Gasteiger partial charge in [0.15, 0.2) is 0 Å². The van der Waals surface area contributed by atoms with Crippen LogP contribution in [0.4, 0.5) is 5.69 Å². The maximum absolute atomic E-state index is 12.1. The van der Waals surface area contributed by atoms with E-state index in [2.05, 4.69) is 12.2 Å². The topological polar surface area (TPSA) is 58.6 Å². The lowest BCUT2D eigenvalue weighted by Gasteiger charge is -2.17. The molecule has 0 radical (unpaired) electrons. The number of benzene rings is 1. The second-order valence-electron chi connectivity index (χ2n) is 5.21. The SMILES string of the molecule is CCc1ccc(N2CC(C(=O)NCCOC)CC2=O)cc1. The zero-order chi connectivity index (χ0) is 15.2. The third kappa shape index (κ3) is 3.82. The molecule has 0 aliphatic carbocycles. The highest BCUT2D eigenvalue weighted by molar-refractivity contribution is 6.00. The number of hydrogen-bond acceptors (Lipinski definition) is 3. The van der Waals surface area contributed by atoms with Crippen LogP contribution in [0, 0.1) is 5.92 Å². The van der Waals surface area contributed by atoms with Crippen molar-refractivity contribution in [3.8, 4) is 0 Å². The van der Waals surface area contributed by atoms with E-state index < -0.39 is 0 Å². The lowest BCUT2D eigenvalue weighted by atomic mass is 10.1. The van der Waals surface area contributed by atoms with Crippen molar-refractivity contribution in [1.29, 1.82) is 0 Å². The maximum atomic E-state index is 12.1. The largest absolute Gasteiger partial charge is 0.383 e. The minimum atomic E-state index is -0.278. The fourth-order valence-corrected chi connectivity index (χ4v) is 2.46. The second-order valence-corrected chi connectivity index (χ2v) is 5.21. The Kier molecular flexibility index (Phi) is 5.33. The number of nitrogens with zero attached hydrogens (tertiary/aromatic N) is 1. The molecule has 1 N–H and O–H groups in total. The van der Waals surface area contributed by atoms with Gasteiger partial charge in [-0.15, -0.1) is 0 Å². The highest BCUT2D eigenvalue weighted by Crippen LogP contribution is 2.25. The molecular formula is C16H22N2O3. The molecule has 0 saturated carbocycles. The molecule has 1 unspecified atom stereocenters. The Morgan fingerprint density at radius 2 is 2.10 bits per heavy atom. The molecule has 1 aromatic rings. The molecule has 5 heteroatoms. The van der Waals surface area contributed by atoms with E-state index in [-0.39, 0.29) is 24.2 Å². The predicted molar refractivity (Wildman–Crippen MR) is 81.2 cm³/mol. The molecule has 5 nitrogen and oxygen atoms in total. The van der Waals surface area contributed by atoms with Gasteiger partial charge >= 0.3 is 0 Å². The zero-order valence-electron chi connectivity index (χ0n) is 12.6. The van der Waals surface area contributed by atoms with E-state index in [1.165, 1.54) is 5.56 Å². The van der Waals surface area contributed by atoms with E-state index in [9.17, 15) is 9.59 Å². The first-order valence-electron chi connectivity index (χ1n) is 7.31. The summed E-state index contributed by atoms with van der Waals surface area (Å²) in [7, 11) is 1.59. The molecule has 1 aliphatic rings. The van der Waals surface area contributed by atoms with E-state index in [4.69, 9.17) is 4.74 Å². The first-order chi connectivity index (χ1) is 10.2. The molecule has 1 atom stereocenters. The van der Waals surface area contributed by atoms with Crippen molar-refractivity contribution in [2.45, 2.75) is 19.8 Å². The van der Waals surface area contributed by atoms with Gasteiger partial charge < -0.3 is 15.0 Å². The summed E-state index contributed by atoms with van der Waals surface area (Å²) in [5, 5.41) is 2.79. The second kappa shape index (κ2) is 7.22. The Hall–Kier alpha value is -1.88. The van der Waals surface area contributed by atoms with E-state index in [0.717, 1.165) is 12.1 Å². The average Bonchev–Trinajstić information content (AvgIpc) is 2.89. The predicted octanol–water partition coefficient (Wildman–Crippen LogP) is 1.36. The van der Waals surface area contributed by atoms with Gasteiger partial charge in [0.25, 0.3) is 0 Å². The van der Waals surface area contributed by atoms with Gasteiger partial charge in [-0.25, -0.2) is 0 Å². The summed E-state index contributed by atoms with van der Waals surface area (Å²) in [4.78, 5) is 25.8. The number of methoxy groups -OCH3 is 1. The number of nitrogens with one attached hydrogen (secondary N) is 1. The number of ether oxygens (including phenoxy) is 1. The highest BCUT2D eigenvalue weighted by atomic mass is 16.5. The lowest BCUT2D eigenvalue weighted by Crippen LogP contribution is -2.34. The highest BCUT2D eigenvalue weighted by Gasteiger charge is 2.34. The van der Waals surface area contributed by atoms with Crippen molar-refractivity contribution in [2.75, 3.05) is 31.7 Å². The van der Waals surface area contributed by atoms with Crippen LogP contribution < -0.4 is 10.2 Å². The third-order valence-electron chi connectivity index (χ3n) is 3.76. The quantitative estimate of drug-likeness (QED) is 0.805. The number of aryl methyl sites for hydroxylation is 1. The summed E-state index contributed by atoms with van der Waals surface area (Å²) in [6, 6.07) is 7.94.